The van der Waals surface area contributed by atoms with Crippen molar-refractivity contribution in [2.75, 3.05) is 39.3 Å². The average Bonchev–Trinajstić information content (AvgIpc) is 3.17. The molecule has 0 radical (unpaired) electrons. The number of hydrogen-bond acceptors (Lipinski definition) is 4. The summed E-state index contributed by atoms with van der Waals surface area (Å²) in [4.78, 5) is 19.2. The second kappa shape index (κ2) is 10.5. The molecule has 1 saturated carbocycles. The number of hydrogen-bond donors (Lipinski definition) is 2. The van der Waals surface area contributed by atoms with Crippen LogP contribution >= 0.6 is 0 Å². The zero-order valence-electron chi connectivity index (χ0n) is 17.2. The molecule has 8 nitrogen and oxygen atoms in total. The molecule has 1 aromatic heterocycles. The Bertz CT molecular complexity index is 653. The van der Waals surface area contributed by atoms with E-state index >= 15 is 0 Å². The van der Waals surface area contributed by atoms with E-state index in [-0.39, 0.29) is 17.9 Å². The Morgan fingerprint density at radius 3 is 2.86 bits per heavy atom. The van der Waals surface area contributed by atoms with Gasteiger partial charge in [0.15, 0.2) is 5.96 Å². The molecule has 1 atom stereocenters. The summed E-state index contributed by atoms with van der Waals surface area (Å²) in [5, 5.41) is 10.7. The lowest BCUT2D eigenvalue weighted by atomic mass is 9.89. The average molecular weight is 391 g/mol. The summed E-state index contributed by atoms with van der Waals surface area (Å²) in [7, 11) is 1.91. The Morgan fingerprint density at radius 2 is 2.14 bits per heavy atom. The van der Waals surface area contributed by atoms with Crippen LogP contribution in [0.15, 0.2) is 17.4 Å². The first-order valence-corrected chi connectivity index (χ1v) is 10.6. The van der Waals surface area contributed by atoms with Gasteiger partial charge in [-0.3, -0.25) is 14.5 Å². The van der Waals surface area contributed by atoms with Crippen LogP contribution in [0.5, 0.6) is 0 Å². The molecule has 2 N–H and O–H groups in total. The number of aromatic nitrogens is 2. The Labute approximate surface area is 167 Å². The second-order valence-corrected chi connectivity index (χ2v) is 7.61. The number of morpholine rings is 1. The monoisotopic (exact) mass is 390 g/mol. The fourth-order valence-electron chi connectivity index (χ4n) is 3.93. The number of ether oxygens (including phenoxy) is 1. The molecule has 2 aliphatic rings. The van der Waals surface area contributed by atoms with Gasteiger partial charge in [-0.2, -0.15) is 5.10 Å². The van der Waals surface area contributed by atoms with Crippen LogP contribution in [0.25, 0.3) is 0 Å². The van der Waals surface area contributed by atoms with Crippen molar-refractivity contribution in [3.8, 4) is 0 Å². The van der Waals surface area contributed by atoms with Crippen LogP contribution in [0.4, 0.5) is 0 Å². The third-order valence-electron chi connectivity index (χ3n) is 5.45. The molecule has 0 spiro atoms. The number of amides is 1. The second-order valence-electron chi connectivity index (χ2n) is 7.61. The zero-order valence-corrected chi connectivity index (χ0v) is 17.2. The molecule has 3 rings (SSSR count). The third-order valence-corrected chi connectivity index (χ3v) is 5.45. The standard InChI is InChI=1S/C20H34N6O2/c1-3-21-20(23-10-9-22-19(27)16-7-5-4-6-8-16)26-11-12-28-18(15-26)17-13-24-25(2)14-17/h13-14,16,18H,3-12,15H2,1-2H3,(H,21,23)(H,22,27). The summed E-state index contributed by atoms with van der Waals surface area (Å²) in [6, 6.07) is 0. The molecule has 1 aromatic rings. The maximum absolute atomic E-state index is 12.3. The van der Waals surface area contributed by atoms with E-state index in [9.17, 15) is 4.79 Å². The van der Waals surface area contributed by atoms with Crippen molar-refractivity contribution in [1.29, 1.82) is 0 Å². The van der Waals surface area contributed by atoms with Crippen molar-refractivity contribution in [2.24, 2.45) is 18.0 Å². The molecule has 1 amide bonds. The number of rotatable bonds is 6. The van der Waals surface area contributed by atoms with E-state index in [2.05, 4.69) is 27.6 Å². The Hall–Kier alpha value is -2.09. The first-order chi connectivity index (χ1) is 13.7. The first-order valence-electron chi connectivity index (χ1n) is 10.6. The van der Waals surface area contributed by atoms with Crippen LogP contribution in [-0.2, 0) is 16.6 Å². The summed E-state index contributed by atoms with van der Waals surface area (Å²) >= 11 is 0. The molecule has 28 heavy (non-hydrogen) atoms. The maximum atomic E-state index is 12.3. The van der Waals surface area contributed by atoms with E-state index in [0.717, 1.165) is 44.0 Å². The normalized spacial score (nSPS) is 21.6. The number of carbonyl (C=O) groups is 1. The number of carbonyl (C=O) groups excluding carboxylic acids is 1. The minimum absolute atomic E-state index is 0.00249. The van der Waals surface area contributed by atoms with E-state index < -0.39 is 0 Å². The number of nitrogens with one attached hydrogen (secondary N) is 2. The molecular weight excluding hydrogens is 356 g/mol. The van der Waals surface area contributed by atoms with Crippen molar-refractivity contribution in [1.82, 2.24) is 25.3 Å². The smallest absolute Gasteiger partial charge is 0.223 e. The van der Waals surface area contributed by atoms with Crippen LogP contribution in [0.1, 0.15) is 50.7 Å². The molecule has 1 aliphatic carbocycles. The van der Waals surface area contributed by atoms with Gasteiger partial charge in [0.1, 0.15) is 6.10 Å². The summed E-state index contributed by atoms with van der Waals surface area (Å²) < 4.78 is 7.72. The lowest BCUT2D eigenvalue weighted by Crippen LogP contribution is -2.48. The van der Waals surface area contributed by atoms with Crippen molar-refractivity contribution in [2.45, 2.75) is 45.1 Å². The molecule has 1 saturated heterocycles. The first kappa shape index (κ1) is 20.6. The maximum Gasteiger partial charge on any atom is 0.223 e. The highest BCUT2D eigenvalue weighted by Gasteiger charge is 2.25. The molecule has 2 fully saturated rings. The van der Waals surface area contributed by atoms with Gasteiger partial charge in [0.05, 0.1) is 25.9 Å². The molecular formula is C20H34N6O2. The Kier molecular flexibility index (Phi) is 7.71. The van der Waals surface area contributed by atoms with Crippen LogP contribution < -0.4 is 10.6 Å². The van der Waals surface area contributed by atoms with E-state index in [0.29, 0.717) is 19.7 Å². The molecule has 1 unspecified atom stereocenters. The predicted molar refractivity (Wildman–Crippen MR) is 109 cm³/mol. The van der Waals surface area contributed by atoms with Crippen molar-refractivity contribution < 1.29 is 9.53 Å². The highest BCUT2D eigenvalue weighted by molar-refractivity contribution is 5.80. The van der Waals surface area contributed by atoms with Gasteiger partial charge < -0.3 is 20.3 Å². The SMILES string of the molecule is CCNC(=NCCNC(=O)C1CCCCC1)N1CCOC(c2cnn(C)c2)C1. The van der Waals surface area contributed by atoms with E-state index in [4.69, 9.17) is 9.73 Å². The van der Waals surface area contributed by atoms with Crippen molar-refractivity contribution in [3.63, 3.8) is 0 Å². The molecule has 0 aromatic carbocycles. The Morgan fingerprint density at radius 1 is 1.32 bits per heavy atom. The van der Waals surface area contributed by atoms with Gasteiger partial charge >= 0.3 is 0 Å². The van der Waals surface area contributed by atoms with Gasteiger partial charge in [0.2, 0.25) is 5.91 Å². The summed E-state index contributed by atoms with van der Waals surface area (Å²) in [6.45, 7) is 6.24. The van der Waals surface area contributed by atoms with Gasteiger partial charge in [-0.05, 0) is 19.8 Å². The summed E-state index contributed by atoms with van der Waals surface area (Å²) in [5.74, 6) is 1.28. The molecule has 8 heteroatoms. The van der Waals surface area contributed by atoms with Crippen LogP contribution in [0, 0.1) is 5.92 Å². The lowest BCUT2D eigenvalue weighted by Gasteiger charge is -2.34. The van der Waals surface area contributed by atoms with Gasteiger partial charge in [-0.1, -0.05) is 19.3 Å². The zero-order chi connectivity index (χ0) is 19.8. The van der Waals surface area contributed by atoms with Crippen LogP contribution in [-0.4, -0.2) is 65.9 Å². The third kappa shape index (κ3) is 5.70. The fourth-order valence-corrected chi connectivity index (χ4v) is 3.93. The minimum Gasteiger partial charge on any atom is -0.370 e. The number of nitrogens with zero attached hydrogens (tertiary/aromatic N) is 4. The van der Waals surface area contributed by atoms with Crippen LogP contribution in [0.2, 0.25) is 0 Å². The number of guanidine groups is 1. The molecule has 2 heterocycles. The fraction of sp³-hybridized carbons (Fsp3) is 0.750. The van der Waals surface area contributed by atoms with Crippen LogP contribution in [0.3, 0.4) is 0 Å². The van der Waals surface area contributed by atoms with E-state index in [1.54, 1.807) is 4.68 Å². The van der Waals surface area contributed by atoms with Crippen molar-refractivity contribution in [3.05, 3.63) is 18.0 Å². The quantitative estimate of drug-likeness (QED) is 0.436. The summed E-state index contributed by atoms with van der Waals surface area (Å²) in [6.07, 6.45) is 9.53. The number of aliphatic imine (C=N–C) groups is 1. The van der Waals surface area contributed by atoms with Gasteiger partial charge in [-0.15, -0.1) is 0 Å². The predicted octanol–water partition coefficient (Wildman–Crippen LogP) is 1.46. The molecule has 1 aliphatic heterocycles. The highest BCUT2D eigenvalue weighted by Crippen LogP contribution is 2.23. The van der Waals surface area contributed by atoms with E-state index in [1.807, 2.05) is 19.4 Å². The highest BCUT2D eigenvalue weighted by atomic mass is 16.5. The van der Waals surface area contributed by atoms with Gasteiger partial charge in [0, 0.05) is 44.4 Å². The summed E-state index contributed by atoms with van der Waals surface area (Å²) in [5.41, 5.74) is 1.09. The number of aryl methyl sites for hydroxylation is 1. The van der Waals surface area contributed by atoms with Gasteiger partial charge in [0.25, 0.3) is 0 Å². The Balaban J connectivity index is 1.50. The lowest BCUT2D eigenvalue weighted by molar-refractivity contribution is -0.125. The van der Waals surface area contributed by atoms with Gasteiger partial charge in [-0.25, -0.2) is 0 Å². The largest absolute Gasteiger partial charge is 0.370 e. The van der Waals surface area contributed by atoms with Crippen molar-refractivity contribution >= 4 is 11.9 Å². The van der Waals surface area contributed by atoms with E-state index in [1.165, 1.54) is 19.3 Å². The minimum atomic E-state index is -0.00249. The topological polar surface area (TPSA) is 83.8 Å². The molecule has 0 bridgehead atoms. The molecule has 156 valence electrons.